The molecule has 0 saturated heterocycles. The highest BCUT2D eigenvalue weighted by Gasteiger charge is 2.31. The molecule has 0 unspecified atom stereocenters. The summed E-state index contributed by atoms with van der Waals surface area (Å²) in [5.74, 6) is 0.530. The van der Waals surface area contributed by atoms with E-state index in [-0.39, 0.29) is 12.0 Å². The number of amides is 2. The number of carbonyl (C=O) groups excluding carboxylic acids is 2. The summed E-state index contributed by atoms with van der Waals surface area (Å²) >= 11 is 6.01. The largest absolute Gasteiger partial charge is 0.495 e. The Kier molecular flexibility index (Phi) is 7.51. The fourth-order valence-electron chi connectivity index (χ4n) is 3.41. The van der Waals surface area contributed by atoms with Crippen molar-refractivity contribution in [3.8, 4) is 5.75 Å². The number of hydrogen-bond acceptors (Lipinski definition) is 6. The summed E-state index contributed by atoms with van der Waals surface area (Å²) in [7, 11) is 1.50. The number of carbonyl (C=O) groups is 2. The lowest BCUT2D eigenvalue weighted by Crippen LogP contribution is -2.39. The van der Waals surface area contributed by atoms with E-state index < -0.39 is 11.0 Å². The van der Waals surface area contributed by atoms with Crippen molar-refractivity contribution in [2.45, 2.75) is 52.1 Å². The van der Waals surface area contributed by atoms with Crippen LogP contribution >= 0.6 is 11.6 Å². The van der Waals surface area contributed by atoms with Crippen molar-refractivity contribution >= 4 is 35.0 Å². The summed E-state index contributed by atoms with van der Waals surface area (Å²) < 4.78 is 10.7. The van der Waals surface area contributed by atoms with Crippen LogP contribution in [0.1, 0.15) is 52.3 Å². The first-order chi connectivity index (χ1) is 15.9. The third kappa shape index (κ3) is 6.05. The molecule has 0 saturated carbocycles. The lowest BCUT2D eigenvalue weighted by atomic mass is 9.84. The van der Waals surface area contributed by atoms with E-state index in [0.717, 1.165) is 23.3 Å². The minimum atomic E-state index is -0.871. The highest BCUT2D eigenvalue weighted by molar-refractivity contribution is 6.32. The van der Waals surface area contributed by atoms with Crippen molar-refractivity contribution in [3.63, 3.8) is 0 Å². The number of halogens is 1. The first kappa shape index (κ1) is 25.5. The summed E-state index contributed by atoms with van der Waals surface area (Å²) in [5, 5.41) is 3.17. The molecule has 34 heavy (non-hydrogen) atoms. The lowest BCUT2D eigenvalue weighted by Gasteiger charge is -2.30. The lowest BCUT2D eigenvalue weighted by molar-refractivity contribution is -0.120. The van der Waals surface area contributed by atoms with Crippen LogP contribution in [-0.4, -0.2) is 52.7 Å². The van der Waals surface area contributed by atoms with Crippen LogP contribution in [0.25, 0.3) is 5.57 Å². The van der Waals surface area contributed by atoms with E-state index in [1.165, 1.54) is 13.3 Å². The van der Waals surface area contributed by atoms with Crippen molar-refractivity contribution in [1.29, 1.82) is 0 Å². The van der Waals surface area contributed by atoms with E-state index in [4.69, 9.17) is 21.1 Å². The van der Waals surface area contributed by atoms with Crippen LogP contribution in [0.15, 0.2) is 36.7 Å². The average molecular weight is 487 g/mol. The van der Waals surface area contributed by atoms with E-state index in [9.17, 15) is 9.59 Å². The number of aromatic nitrogens is 2. The van der Waals surface area contributed by atoms with Gasteiger partial charge in [0.2, 0.25) is 5.91 Å². The Morgan fingerprint density at radius 2 is 1.85 bits per heavy atom. The Bertz CT molecular complexity index is 1090. The van der Waals surface area contributed by atoms with Gasteiger partial charge in [-0.05, 0) is 58.2 Å². The smallest absolute Gasteiger partial charge is 0.410 e. The Balaban J connectivity index is 1.71. The van der Waals surface area contributed by atoms with E-state index in [1.807, 2.05) is 46.8 Å². The molecule has 1 N–H and O–H groups in total. The third-order valence-electron chi connectivity index (χ3n) is 5.47. The molecular weight excluding hydrogens is 456 g/mol. The standard InChI is InChI=1S/C25H31ClN4O4/c1-24(2,3)34-23(32)30-11-7-8-16(15-30)19-10-9-17(13-27-19)25(4,5)22(31)29-21-12-20(33-6)18(26)14-28-21/h8-10,12-14H,7,11,15H2,1-6H3,(H,28,29,31). The SMILES string of the molecule is COc1cc(NC(=O)C(C)(C)c2ccc(C3=CCCN(C(=O)OC(C)(C)C)C3)nc2)ncc1Cl. The van der Waals surface area contributed by atoms with Gasteiger partial charge in [0.15, 0.2) is 0 Å². The quantitative estimate of drug-likeness (QED) is 0.633. The second-order valence-electron chi connectivity index (χ2n) is 9.64. The van der Waals surface area contributed by atoms with Crippen molar-refractivity contribution < 1.29 is 19.1 Å². The summed E-state index contributed by atoms with van der Waals surface area (Å²) in [6.07, 6.45) is 5.60. The zero-order valence-corrected chi connectivity index (χ0v) is 21.2. The van der Waals surface area contributed by atoms with Crippen LogP contribution in [0.3, 0.4) is 0 Å². The first-order valence-electron chi connectivity index (χ1n) is 11.1. The van der Waals surface area contributed by atoms with Crippen LogP contribution in [0.2, 0.25) is 5.02 Å². The molecule has 8 nitrogen and oxygen atoms in total. The van der Waals surface area contributed by atoms with Gasteiger partial charge >= 0.3 is 6.09 Å². The number of nitrogens with one attached hydrogen (secondary N) is 1. The molecule has 0 bridgehead atoms. The Labute approximate surface area is 205 Å². The summed E-state index contributed by atoms with van der Waals surface area (Å²) in [5.41, 5.74) is 1.04. The molecule has 1 aliphatic rings. The zero-order chi connectivity index (χ0) is 25.1. The highest BCUT2D eigenvalue weighted by Crippen LogP contribution is 2.29. The van der Waals surface area contributed by atoms with Gasteiger partial charge in [-0.1, -0.05) is 23.7 Å². The number of methoxy groups -OCH3 is 1. The molecule has 2 aromatic heterocycles. The van der Waals surface area contributed by atoms with Crippen molar-refractivity contribution in [1.82, 2.24) is 14.9 Å². The topological polar surface area (TPSA) is 93.7 Å². The Morgan fingerprint density at radius 1 is 1.12 bits per heavy atom. The molecule has 0 radical (unpaired) electrons. The van der Waals surface area contributed by atoms with Crippen LogP contribution in [-0.2, 0) is 14.9 Å². The monoisotopic (exact) mass is 486 g/mol. The molecule has 0 fully saturated rings. The van der Waals surface area contributed by atoms with Crippen LogP contribution in [0.4, 0.5) is 10.6 Å². The van der Waals surface area contributed by atoms with Gasteiger partial charge in [0, 0.05) is 18.8 Å². The van der Waals surface area contributed by atoms with Crippen molar-refractivity contribution in [2.24, 2.45) is 0 Å². The maximum Gasteiger partial charge on any atom is 0.410 e. The number of ether oxygens (including phenoxy) is 2. The number of anilines is 1. The van der Waals surface area contributed by atoms with Crippen LogP contribution < -0.4 is 10.1 Å². The molecule has 0 atom stereocenters. The Morgan fingerprint density at radius 3 is 2.47 bits per heavy atom. The molecule has 0 spiro atoms. The Hall–Kier alpha value is -3.13. The predicted octanol–water partition coefficient (Wildman–Crippen LogP) is 5.08. The van der Waals surface area contributed by atoms with E-state index in [2.05, 4.69) is 21.4 Å². The van der Waals surface area contributed by atoms with Gasteiger partial charge in [-0.25, -0.2) is 9.78 Å². The molecule has 2 amide bonds. The molecule has 182 valence electrons. The van der Waals surface area contributed by atoms with E-state index in [0.29, 0.717) is 29.7 Å². The average Bonchev–Trinajstić information content (AvgIpc) is 2.79. The fourth-order valence-corrected chi connectivity index (χ4v) is 3.59. The van der Waals surface area contributed by atoms with Gasteiger partial charge in [-0.3, -0.25) is 9.78 Å². The summed E-state index contributed by atoms with van der Waals surface area (Å²) in [6, 6.07) is 5.33. The fraction of sp³-hybridized carbons (Fsp3) is 0.440. The van der Waals surface area contributed by atoms with Gasteiger partial charge in [-0.15, -0.1) is 0 Å². The van der Waals surface area contributed by atoms with Crippen LogP contribution in [0, 0.1) is 0 Å². The molecule has 3 rings (SSSR count). The molecule has 0 aliphatic carbocycles. The molecule has 2 aromatic rings. The highest BCUT2D eigenvalue weighted by atomic mass is 35.5. The summed E-state index contributed by atoms with van der Waals surface area (Å²) in [4.78, 5) is 35.9. The number of rotatable bonds is 5. The minimum absolute atomic E-state index is 0.244. The maximum absolute atomic E-state index is 13.0. The number of hydrogen-bond donors (Lipinski definition) is 1. The predicted molar refractivity (Wildman–Crippen MR) is 132 cm³/mol. The summed E-state index contributed by atoms with van der Waals surface area (Å²) in [6.45, 7) is 10.2. The normalized spacial score (nSPS) is 14.3. The third-order valence-corrected chi connectivity index (χ3v) is 5.75. The number of nitrogens with zero attached hydrogens (tertiary/aromatic N) is 3. The van der Waals surface area contributed by atoms with Crippen LogP contribution in [0.5, 0.6) is 5.75 Å². The van der Waals surface area contributed by atoms with Gasteiger partial charge < -0.3 is 19.7 Å². The van der Waals surface area contributed by atoms with Gasteiger partial charge in [-0.2, -0.15) is 0 Å². The van der Waals surface area contributed by atoms with Crippen molar-refractivity contribution in [2.75, 3.05) is 25.5 Å². The second-order valence-corrected chi connectivity index (χ2v) is 10.0. The van der Waals surface area contributed by atoms with Crippen molar-refractivity contribution in [3.05, 3.63) is 52.9 Å². The van der Waals surface area contributed by atoms with Gasteiger partial charge in [0.25, 0.3) is 0 Å². The minimum Gasteiger partial charge on any atom is -0.495 e. The first-order valence-corrected chi connectivity index (χ1v) is 11.4. The second kappa shape index (κ2) is 10.0. The van der Waals surface area contributed by atoms with E-state index in [1.54, 1.807) is 17.2 Å². The zero-order valence-electron chi connectivity index (χ0n) is 20.4. The number of pyridine rings is 2. The molecular formula is C25H31ClN4O4. The molecule has 9 heteroatoms. The molecule has 0 aromatic carbocycles. The molecule has 3 heterocycles. The molecule has 1 aliphatic heterocycles. The maximum atomic E-state index is 13.0. The van der Waals surface area contributed by atoms with Gasteiger partial charge in [0.1, 0.15) is 22.2 Å². The van der Waals surface area contributed by atoms with E-state index >= 15 is 0 Å². The van der Waals surface area contributed by atoms with Gasteiger partial charge in [0.05, 0.1) is 31.0 Å².